The average Bonchev–Trinajstić information content (AvgIpc) is 2.15. The number of carbonyl (C=O) groups excluding carboxylic acids is 1. The number of β-lactam (4-membered cyclic amide) rings is 1. The van der Waals surface area contributed by atoms with Crippen LogP contribution in [0.15, 0.2) is 12.2 Å². The van der Waals surface area contributed by atoms with Gasteiger partial charge in [0.1, 0.15) is 0 Å². The Bertz CT molecular complexity index is 328. The van der Waals surface area contributed by atoms with Crippen molar-refractivity contribution >= 4 is 23.6 Å². The number of fused-ring (bicyclic) bond motifs is 1. The predicted molar refractivity (Wildman–Crippen MR) is 52.8 cm³/mol. The molecule has 1 N–H and O–H groups in total. The zero-order chi connectivity index (χ0) is 10.5. The molecule has 76 valence electrons. The summed E-state index contributed by atoms with van der Waals surface area (Å²) in [7, 11) is 0. The van der Waals surface area contributed by atoms with Gasteiger partial charge in [-0.1, -0.05) is 13.5 Å². The number of amides is 1. The fraction of sp³-hybridized carbons (Fsp3) is 0.556. The molecule has 0 aromatic heterocycles. The second-order valence-electron chi connectivity index (χ2n) is 3.63. The van der Waals surface area contributed by atoms with Gasteiger partial charge in [-0.05, 0) is 5.57 Å². The summed E-state index contributed by atoms with van der Waals surface area (Å²) >= 11 is 1.60. The van der Waals surface area contributed by atoms with Crippen molar-refractivity contribution in [2.24, 2.45) is 5.92 Å². The standard InChI is InChI=1S/C9H11NO3S/c1-4-3-14-8-5(2)7(11)10(8)6(4)9(12)13/h5-6,8H,1,3H2,2H3,(H,12,13)/t5-,6-,8-/m1/s1. The van der Waals surface area contributed by atoms with Crippen LogP contribution in [0.1, 0.15) is 6.92 Å². The molecule has 0 aliphatic carbocycles. The Labute approximate surface area is 86.0 Å². The lowest BCUT2D eigenvalue weighted by Crippen LogP contribution is -2.66. The van der Waals surface area contributed by atoms with Crippen LogP contribution in [0.4, 0.5) is 0 Å². The van der Waals surface area contributed by atoms with Gasteiger partial charge in [0.25, 0.3) is 0 Å². The molecule has 0 spiro atoms. The maximum absolute atomic E-state index is 11.5. The van der Waals surface area contributed by atoms with Crippen molar-refractivity contribution in [2.45, 2.75) is 18.3 Å². The predicted octanol–water partition coefficient (Wildman–Crippen LogP) is 0.547. The quantitative estimate of drug-likeness (QED) is 0.510. The van der Waals surface area contributed by atoms with E-state index >= 15 is 0 Å². The van der Waals surface area contributed by atoms with Gasteiger partial charge in [0.15, 0.2) is 6.04 Å². The van der Waals surface area contributed by atoms with Crippen LogP contribution in [0.25, 0.3) is 0 Å². The lowest BCUT2D eigenvalue weighted by atomic mass is 9.94. The summed E-state index contributed by atoms with van der Waals surface area (Å²) in [6.45, 7) is 5.54. The molecule has 4 nitrogen and oxygen atoms in total. The van der Waals surface area contributed by atoms with Crippen molar-refractivity contribution < 1.29 is 14.7 Å². The second-order valence-corrected chi connectivity index (χ2v) is 4.74. The second kappa shape index (κ2) is 3.02. The van der Waals surface area contributed by atoms with E-state index in [0.717, 1.165) is 0 Å². The molecule has 1 amide bonds. The number of carboxylic acid groups (broad SMARTS) is 1. The van der Waals surface area contributed by atoms with E-state index in [1.807, 2.05) is 6.92 Å². The summed E-state index contributed by atoms with van der Waals surface area (Å²) in [5, 5.41) is 9.01. The third kappa shape index (κ3) is 1.08. The lowest BCUT2D eigenvalue weighted by molar-refractivity contribution is -0.161. The Morgan fingerprint density at radius 1 is 1.71 bits per heavy atom. The number of hydrogen-bond donors (Lipinski definition) is 1. The highest BCUT2D eigenvalue weighted by Gasteiger charge is 2.53. The number of rotatable bonds is 1. The van der Waals surface area contributed by atoms with E-state index in [1.54, 1.807) is 11.8 Å². The zero-order valence-corrected chi connectivity index (χ0v) is 8.58. The van der Waals surface area contributed by atoms with Crippen molar-refractivity contribution in [1.29, 1.82) is 0 Å². The first-order valence-electron chi connectivity index (χ1n) is 4.38. The van der Waals surface area contributed by atoms with Crippen LogP contribution in [0.3, 0.4) is 0 Å². The average molecular weight is 213 g/mol. The summed E-state index contributed by atoms with van der Waals surface area (Å²) in [5.74, 6) is -0.457. The van der Waals surface area contributed by atoms with Crippen LogP contribution >= 0.6 is 11.8 Å². The summed E-state index contributed by atoms with van der Waals surface area (Å²) in [6, 6.07) is -0.801. The van der Waals surface area contributed by atoms with Gasteiger partial charge in [0.2, 0.25) is 5.91 Å². The topological polar surface area (TPSA) is 57.6 Å². The molecule has 0 unspecified atom stereocenters. The Morgan fingerprint density at radius 3 is 2.93 bits per heavy atom. The van der Waals surface area contributed by atoms with Gasteiger partial charge in [-0.3, -0.25) is 4.79 Å². The van der Waals surface area contributed by atoms with Gasteiger partial charge in [-0.15, -0.1) is 11.8 Å². The molecule has 0 aromatic rings. The summed E-state index contributed by atoms with van der Waals surface area (Å²) in [4.78, 5) is 23.8. The van der Waals surface area contributed by atoms with Crippen LogP contribution in [0.5, 0.6) is 0 Å². The third-order valence-electron chi connectivity index (χ3n) is 2.68. The van der Waals surface area contributed by atoms with Gasteiger partial charge >= 0.3 is 5.97 Å². The smallest absolute Gasteiger partial charge is 0.330 e. The Balaban J connectivity index is 2.26. The molecule has 2 fully saturated rings. The maximum Gasteiger partial charge on any atom is 0.330 e. The third-order valence-corrected chi connectivity index (χ3v) is 4.20. The highest BCUT2D eigenvalue weighted by Crippen LogP contribution is 2.42. The van der Waals surface area contributed by atoms with E-state index in [4.69, 9.17) is 5.11 Å². The van der Waals surface area contributed by atoms with E-state index in [-0.39, 0.29) is 17.2 Å². The summed E-state index contributed by atoms with van der Waals surface area (Å²) < 4.78 is 0. The summed E-state index contributed by atoms with van der Waals surface area (Å²) in [5.41, 5.74) is 0.610. The van der Waals surface area contributed by atoms with Crippen molar-refractivity contribution in [2.75, 3.05) is 5.75 Å². The van der Waals surface area contributed by atoms with Crippen LogP contribution in [0, 0.1) is 5.92 Å². The van der Waals surface area contributed by atoms with Crippen LogP contribution in [0.2, 0.25) is 0 Å². The number of nitrogens with zero attached hydrogens (tertiary/aromatic N) is 1. The molecular weight excluding hydrogens is 202 g/mol. The molecule has 2 aliphatic rings. The first kappa shape index (κ1) is 9.58. The normalized spacial score (nSPS) is 36.4. The highest BCUT2D eigenvalue weighted by atomic mass is 32.2. The Kier molecular flexibility index (Phi) is 2.06. The molecule has 2 heterocycles. The van der Waals surface area contributed by atoms with Crippen molar-refractivity contribution in [3.63, 3.8) is 0 Å². The van der Waals surface area contributed by atoms with Crippen molar-refractivity contribution in [3.8, 4) is 0 Å². The van der Waals surface area contributed by atoms with Gasteiger partial charge in [0, 0.05) is 5.75 Å². The minimum absolute atomic E-state index is 0.0362. The number of carboxylic acids is 1. The number of carbonyl (C=O) groups is 2. The molecular formula is C9H11NO3S. The lowest BCUT2D eigenvalue weighted by Gasteiger charge is -2.51. The highest BCUT2D eigenvalue weighted by molar-refractivity contribution is 8.00. The number of aliphatic carboxylic acids is 1. The maximum atomic E-state index is 11.5. The minimum Gasteiger partial charge on any atom is -0.479 e. The van der Waals surface area contributed by atoms with E-state index in [9.17, 15) is 9.59 Å². The van der Waals surface area contributed by atoms with Gasteiger partial charge < -0.3 is 10.0 Å². The zero-order valence-electron chi connectivity index (χ0n) is 7.77. The minimum atomic E-state index is -0.972. The molecule has 2 saturated heterocycles. The molecule has 5 heteroatoms. The summed E-state index contributed by atoms with van der Waals surface area (Å²) in [6.07, 6.45) is 0. The molecule has 0 aromatic carbocycles. The molecule has 2 rings (SSSR count). The van der Waals surface area contributed by atoms with Crippen molar-refractivity contribution in [1.82, 2.24) is 4.90 Å². The van der Waals surface area contributed by atoms with Crippen LogP contribution < -0.4 is 0 Å². The number of hydrogen-bond acceptors (Lipinski definition) is 3. The molecule has 3 atom stereocenters. The Hall–Kier alpha value is -0.970. The van der Waals surface area contributed by atoms with E-state index < -0.39 is 12.0 Å². The van der Waals surface area contributed by atoms with Crippen LogP contribution in [-0.2, 0) is 9.59 Å². The largest absolute Gasteiger partial charge is 0.479 e. The monoisotopic (exact) mass is 213 g/mol. The van der Waals surface area contributed by atoms with E-state index in [1.165, 1.54) is 4.90 Å². The van der Waals surface area contributed by atoms with Gasteiger partial charge in [-0.25, -0.2) is 4.79 Å². The molecule has 14 heavy (non-hydrogen) atoms. The Morgan fingerprint density at radius 2 is 2.36 bits per heavy atom. The fourth-order valence-electron chi connectivity index (χ4n) is 1.90. The SMILES string of the molecule is C=C1CS[C@@H]2[C@H](C)C(=O)N2[C@H]1C(=O)O. The molecule has 2 aliphatic heterocycles. The molecule has 0 radical (unpaired) electrons. The molecule has 0 bridgehead atoms. The number of thioether (sulfide) groups is 1. The van der Waals surface area contributed by atoms with Gasteiger partial charge in [0.05, 0.1) is 11.3 Å². The molecule has 0 saturated carbocycles. The van der Waals surface area contributed by atoms with E-state index in [0.29, 0.717) is 11.3 Å². The van der Waals surface area contributed by atoms with Crippen molar-refractivity contribution in [3.05, 3.63) is 12.2 Å². The van der Waals surface area contributed by atoms with E-state index in [2.05, 4.69) is 6.58 Å². The first-order valence-corrected chi connectivity index (χ1v) is 5.43. The fourth-order valence-corrected chi connectivity index (χ4v) is 3.24. The first-order chi connectivity index (χ1) is 6.54. The van der Waals surface area contributed by atoms with Gasteiger partial charge in [-0.2, -0.15) is 0 Å². The van der Waals surface area contributed by atoms with Crippen LogP contribution in [-0.4, -0.2) is 39.1 Å².